The van der Waals surface area contributed by atoms with E-state index in [0.717, 1.165) is 12.5 Å². The molecule has 2 aromatic carbocycles. The van der Waals surface area contributed by atoms with Gasteiger partial charge in [0.1, 0.15) is 0 Å². The van der Waals surface area contributed by atoms with Gasteiger partial charge in [0.05, 0.1) is 6.04 Å². The fourth-order valence-electron chi connectivity index (χ4n) is 3.16. The number of hydrogen-bond donors (Lipinski definition) is 1. The van der Waals surface area contributed by atoms with Crippen LogP contribution in [0.4, 0.5) is 0 Å². The maximum Gasteiger partial charge on any atom is 0.0578 e. The monoisotopic (exact) mass is 281 g/mol. The normalized spacial score (nSPS) is 21.2. The molecule has 1 aliphatic rings. The molecule has 0 saturated heterocycles. The summed E-state index contributed by atoms with van der Waals surface area (Å²) in [6.07, 6.45) is 2.42. The van der Waals surface area contributed by atoms with E-state index in [9.17, 15) is 0 Å². The Morgan fingerprint density at radius 1 is 0.952 bits per heavy atom. The van der Waals surface area contributed by atoms with Crippen LogP contribution in [0.2, 0.25) is 0 Å². The summed E-state index contributed by atoms with van der Waals surface area (Å²) in [5.41, 5.74) is 2.66. The molecule has 0 heterocycles. The summed E-state index contributed by atoms with van der Waals surface area (Å²) in [4.78, 5) is 0. The lowest BCUT2D eigenvalue weighted by atomic mass is 9.80. The molecule has 0 atom stereocenters. The highest BCUT2D eigenvalue weighted by Crippen LogP contribution is 2.31. The second kappa shape index (κ2) is 6.88. The molecule has 2 heteroatoms. The van der Waals surface area contributed by atoms with Gasteiger partial charge in [-0.3, -0.25) is 0 Å². The first-order chi connectivity index (χ1) is 10.4. The van der Waals surface area contributed by atoms with E-state index in [1.165, 1.54) is 24.0 Å². The molecular formula is C19H23NO. The van der Waals surface area contributed by atoms with Crippen molar-refractivity contribution in [2.24, 2.45) is 5.92 Å². The maximum absolute atomic E-state index is 5.24. The Kier molecular flexibility index (Phi) is 4.69. The van der Waals surface area contributed by atoms with E-state index in [1.807, 2.05) is 0 Å². The Bertz CT molecular complexity index is 495. The molecule has 0 amide bonds. The molecule has 1 aliphatic carbocycles. The molecule has 0 aromatic heterocycles. The molecule has 110 valence electrons. The third-order valence-corrected chi connectivity index (χ3v) is 4.31. The van der Waals surface area contributed by atoms with E-state index >= 15 is 0 Å². The molecule has 3 rings (SSSR count). The molecule has 0 spiro atoms. The first-order valence-electron chi connectivity index (χ1n) is 7.71. The average molecular weight is 281 g/mol. The van der Waals surface area contributed by atoms with Crippen molar-refractivity contribution in [2.45, 2.75) is 24.9 Å². The standard InChI is InChI=1S/C19H23NO/c1-21-14-15-12-18(13-15)20-19(16-8-4-2-5-9-16)17-10-6-3-7-11-17/h2-11,15,18-20H,12-14H2,1H3. The fourth-order valence-corrected chi connectivity index (χ4v) is 3.16. The van der Waals surface area contributed by atoms with E-state index in [2.05, 4.69) is 66.0 Å². The zero-order valence-corrected chi connectivity index (χ0v) is 12.5. The maximum atomic E-state index is 5.24. The van der Waals surface area contributed by atoms with Crippen molar-refractivity contribution < 1.29 is 4.74 Å². The Hall–Kier alpha value is -1.64. The van der Waals surface area contributed by atoms with Gasteiger partial charge >= 0.3 is 0 Å². The minimum Gasteiger partial charge on any atom is -0.384 e. The van der Waals surface area contributed by atoms with E-state index in [1.54, 1.807) is 7.11 Å². The number of nitrogens with one attached hydrogen (secondary N) is 1. The highest BCUT2D eigenvalue weighted by atomic mass is 16.5. The van der Waals surface area contributed by atoms with Gasteiger partial charge in [0, 0.05) is 19.8 Å². The Labute approximate surface area is 127 Å². The molecule has 1 fully saturated rings. The lowest BCUT2D eigenvalue weighted by molar-refractivity contribution is 0.0860. The topological polar surface area (TPSA) is 21.3 Å². The quantitative estimate of drug-likeness (QED) is 0.870. The summed E-state index contributed by atoms with van der Waals surface area (Å²) >= 11 is 0. The highest BCUT2D eigenvalue weighted by molar-refractivity contribution is 5.31. The van der Waals surface area contributed by atoms with Crippen LogP contribution >= 0.6 is 0 Å². The van der Waals surface area contributed by atoms with Crippen molar-refractivity contribution in [3.05, 3.63) is 71.8 Å². The van der Waals surface area contributed by atoms with Gasteiger partial charge in [-0.2, -0.15) is 0 Å². The van der Waals surface area contributed by atoms with Crippen LogP contribution in [0.3, 0.4) is 0 Å². The first-order valence-corrected chi connectivity index (χ1v) is 7.71. The zero-order chi connectivity index (χ0) is 14.5. The molecule has 1 N–H and O–H groups in total. The van der Waals surface area contributed by atoms with Crippen molar-refractivity contribution in [1.29, 1.82) is 0 Å². The van der Waals surface area contributed by atoms with Gasteiger partial charge in [-0.25, -0.2) is 0 Å². The van der Waals surface area contributed by atoms with Gasteiger partial charge in [-0.05, 0) is 29.9 Å². The molecule has 0 radical (unpaired) electrons. The molecule has 0 bridgehead atoms. The van der Waals surface area contributed by atoms with Crippen LogP contribution in [0.5, 0.6) is 0 Å². The van der Waals surface area contributed by atoms with Crippen LogP contribution in [-0.2, 0) is 4.74 Å². The number of benzene rings is 2. The lowest BCUT2D eigenvalue weighted by Crippen LogP contribution is -2.44. The van der Waals surface area contributed by atoms with Gasteiger partial charge in [-0.15, -0.1) is 0 Å². The van der Waals surface area contributed by atoms with E-state index in [4.69, 9.17) is 4.74 Å². The second-order valence-corrected chi connectivity index (χ2v) is 5.91. The third-order valence-electron chi connectivity index (χ3n) is 4.31. The van der Waals surface area contributed by atoms with Gasteiger partial charge in [0.2, 0.25) is 0 Å². The van der Waals surface area contributed by atoms with Crippen LogP contribution in [0, 0.1) is 5.92 Å². The summed E-state index contributed by atoms with van der Waals surface area (Å²) in [7, 11) is 1.79. The van der Waals surface area contributed by atoms with Crippen LogP contribution in [0.15, 0.2) is 60.7 Å². The number of rotatable bonds is 6. The van der Waals surface area contributed by atoms with Gasteiger partial charge in [0.25, 0.3) is 0 Å². The SMILES string of the molecule is COCC1CC(NC(c2ccccc2)c2ccccc2)C1. The van der Waals surface area contributed by atoms with E-state index in [0.29, 0.717) is 6.04 Å². The Balaban J connectivity index is 1.72. The summed E-state index contributed by atoms with van der Waals surface area (Å²) in [5.74, 6) is 0.722. The van der Waals surface area contributed by atoms with Crippen LogP contribution in [0.25, 0.3) is 0 Å². The number of methoxy groups -OCH3 is 1. The minimum atomic E-state index is 0.279. The predicted octanol–water partition coefficient (Wildman–Crippen LogP) is 3.79. The largest absolute Gasteiger partial charge is 0.384 e. The van der Waals surface area contributed by atoms with Crippen LogP contribution in [-0.4, -0.2) is 19.8 Å². The summed E-state index contributed by atoms with van der Waals surface area (Å²) in [6, 6.07) is 22.3. The third kappa shape index (κ3) is 3.52. The molecule has 21 heavy (non-hydrogen) atoms. The van der Waals surface area contributed by atoms with Crippen molar-refractivity contribution in [2.75, 3.05) is 13.7 Å². The van der Waals surface area contributed by atoms with Gasteiger partial charge < -0.3 is 10.1 Å². The molecule has 0 aliphatic heterocycles. The number of hydrogen-bond acceptors (Lipinski definition) is 2. The summed E-state index contributed by atoms with van der Waals surface area (Å²) in [6.45, 7) is 0.888. The molecule has 0 unspecified atom stereocenters. The Morgan fingerprint density at radius 2 is 1.48 bits per heavy atom. The highest BCUT2D eigenvalue weighted by Gasteiger charge is 2.31. The molecule has 2 nitrogen and oxygen atoms in total. The zero-order valence-electron chi connectivity index (χ0n) is 12.5. The van der Waals surface area contributed by atoms with E-state index in [-0.39, 0.29) is 6.04 Å². The number of ether oxygens (including phenoxy) is 1. The molecular weight excluding hydrogens is 258 g/mol. The summed E-state index contributed by atoms with van der Waals surface area (Å²) in [5, 5.41) is 3.82. The first kappa shape index (κ1) is 14.3. The van der Waals surface area contributed by atoms with Crippen molar-refractivity contribution in [3.8, 4) is 0 Å². The fraction of sp³-hybridized carbons (Fsp3) is 0.368. The smallest absolute Gasteiger partial charge is 0.0578 e. The molecule has 2 aromatic rings. The van der Waals surface area contributed by atoms with Crippen LogP contribution in [0.1, 0.15) is 30.0 Å². The predicted molar refractivity (Wildman–Crippen MR) is 86.3 cm³/mol. The second-order valence-electron chi connectivity index (χ2n) is 5.91. The average Bonchev–Trinajstić information content (AvgIpc) is 2.51. The summed E-state index contributed by atoms with van der Waals surface area (Å²) < 4.78 is 5.24. The van der Waals surface area contributed by atoms with Crippen molar-refractivity contribution >= 4 is 0 Å². The van der Waals surface area contributed by atoms with E-state index < -0.39 is 0 Å². The molecule has 1 saturated carbocycles. The Morgan fingerprint density at radius 3 is 1.95 bits per heavy atom. The minimum absolute atomic E-state index is 0.279. The van der Waals surface area contributed by atoms with Gasteiger partial charge in [0.15, 0.2) is 0 Å². The van der Waals surface area contributed by atoms with Crippen molar-refractivity contribution in [1.82, 2.24) is 5.32 Å². The van der Waals surface area contributed by atoms with Crippen molar-refractivity contribution in [3.63, 3.8) is 0 Å². The lowest BCUT2D eigenvalue weighted by Gasteiger charge is -2.38. The van der Waals surface area contributed by atoms with Gasteiger partial charge in [-0.1, -0.05) is 60.7 Å². The van der Waals surface area contributed by atoms with Crippen LogP contribution < -0.4 is 5.32 Å².